The number of rotatable bonds is 7. The Balaban J connectivity index is 1.26. The summed E-state index contributed by atoms with van der Waals surface area (Å²) < 4.78 is 9.88. The molecule has 1 aromatic rings. The molecular weight excluding hydrogens is 364 g/mol. The SMILES string of the molecule is CCc1cc2c(s1)CCOC21CCN(CC2CC(NSCCO)C2)CC1. The van der Waals surface area contributed by atoms with Gasteiger partial charge in [-0.15, -0.1) is 11.3 Å². The maximum Gasteiger partial charge on any atom is 0.0966 e. The van der Waals surface area contributed by atoms with E-state index in [4.69, 9.17) is 9.84 Å². The molecule has 0 radical (unpaired) electrons. The number of likely N-dealkylation sites (tertiary alicyclic amines) is 1. The van der Waals surface area contributed by atoms with Crippen LogP contribution < -0.4 is 4.72 Å². The number of aliphatic hydroxyl groups is 1. The average molecular weight is 397 g/mol. The third kappa shape index (κ3) is 4.01. The molecule has 2 N–H and O–H groups in total. The molecule has 2 fully saturated rings. The number of nitrogens with zero attached hydrogens (tertiary/aromatic N) is 1. The molecular formula is C20H32N2O2S2. The van der Waals surface area contributed by atoms with Crippen LogP contribution in [0.3, 0.4) is 0 Å². The molecule has 146 valence electrons. The molecule has 1 saturated carbocycles. The molecule has 0 bridgehead atoms. The number of nitrogens with one attached hydrogen (secondary N) is 1. The molecule has 4 nitrogen and oxygen atoms in total. The van der Waals surface area contributed by atoms with E-state index in [-0.39, 0.29) is 12.2 Å². The maximum atomic E-state index is 8.84. The fraction of sp³-hybridized carbons (Fsp3) is 0.800. The Kier molecular flexibility index (Phi) is 6.28. The van der Waals surface area contributed by atoms with E-state index in [1.807, 2.05) is 11.3 Å². The number of aliphatic hydroxyl groups excluding tert-OH is 1. The Labute approximate surface area is 165 Å². The molecule has 2 aliphatic heterocycles. The highest BCUT2D eigenvalue weighted by molar-refractivity contribution is 7.97. The van der Waals surface area contributed by atoms with Gasteiger partial charge in [0.1, 0.15) is 0 Å². The summed E-state index contributed by atoms with van der Waals surface area (Å²) in [6, 6.07) is 3.09. The van der Waals surface area contributed by atoms with Crippen LogP contribution in [0, 0.1) is 5.92 Å². The van der Waals surface area contributed by atoms with Crippen molar-refractivity contribution in [2.24, 2.45) is 5.92 Å². The Morgan fingerprint density at radius 3 is 2.92 bits per heavy atom. The number of aryl methyl sites for hydroxylation is 1. The van der Waals surface area contributed by atoms with Crippen LogP contribution in [0.25, 0.3) is 0 Å². The summed E-state index contributed by atoms with van der Waals surface area (Å²) in [6.07, 6.45) is 7.13. The number of fused-ring (bicyclic) bond motifs is 2. The van der Waals surface area contributed by atoms with Crippen LogP contribution in [0.15, 0.2) is 6.07 Å². The highest BCUT2D eigenvalue weighted by Crippen LogP contribution is 2.45. The lowest BCUT2D eigenvalue weighted by Crippen LogP contribution is -2.49. The molecule has 26 heavy (non-hydrogen) atoms. The second kappa shape index (κ2) is 8.50. The molecule has 1 aliphatic carbocycles. The summed E-state index contributed by atoms with van der Waals surface area (Å²) in [4.78, 5) is 5.78. The summed E-state index contributed by atoms with van der Waals surface area (Å²) in [5.74, 6) is 1.63. The van der Waals surface area contributed by atoms with Gasteiger partial charge in [0.15, 0.2) is 0 Å². The topological polar surface area (TPSA) is 44.7 Å². The van der Waals surface area contributed by atoms with Crippen molar-refractivity contribution in [1.29, 1.82) is 0 Å². The number of ether oxygens (including phenoxy) is 1. The lowest BCUT2D eigenvalue weighted by atomic mass is 9.78. The molecule has 1 spiro atoms. The largest absolute Gasteiger partial charge is 0.395 e. The molecule has 0 amide bonds. The van der Waals surface area contributed by atoms with Gasteiger partial charge in [0.2, 0.25) is 0 Å². The first-order valence-electron chi connectivity index (χ1n) is 10.2. The number of piperidine rings is 1. The van der Waals surface area contributed by atoms with Crippen LogP contribution in [-0.2, 0) is 23.2 Å². The number of thiophene rings is 1. The summed E-state index contributed by atoms with van der Waals surface area (Å²) in [7, 11) is 0. The first-order valence-corrected chi connectivity index (χ1v) is 12.0. The van der Waals surface area contributed by atoms with Gasteiger partial charge in [-0.3, -0.25) is 4.72 Å². The zero-order chi connectivity index (χ0) is 18.0. The van der Waals surface area contributed by atoms with Crippen molar-refractivity contribution < 1.29 is 9.84 Å². The minimum absolute atomic E-state index is 0.0125. The first-order chi connectivity index (χ1) is 12.7. The summed E-state index contributed by atoms with van der Waals surface area (Å²) >= 11 is 3.69. The zero-order valence-electron chi connectivity index (χ0n) is 15.8. The van der Waals surface area contributed by atoms with E-state index < -0.39 is 0 Å². The standard InChI is InChI=1S/C20H32N2O2S2/c1-2-17-13-18-19(26-17)3-9-24-20(18)4-6-22(7-5-20)14-15-11-16(12-15)21-25-10-8-23/h13,15-16,21,23H,2-12,14H2,1H3. The van der Waals surface area contributed by atoms with Crippen LogP contribution >= 0.6 is 23.3 Å². The van der Waals surface area contributed by atoms with Crippen LogP contribution in [0.2, 0.25) is 0 Å². The smallest absolute Gasteiger partial charge is 0.0966 e. The van der Waals surface area contributed by atoms with Gasteiger partial charge in [-0.1, -0.05) is 18.9 Å². The normalized spacial score (nSPS) is 28.1. The number of hydrogen-bond donors (Lipinski definition) is 2. The predicted octanol–water partition coefficient (Wildman–Crippen LogP) is 3.18. The van der Waals surface area contributed by atoms with Gasteiger partial charge >= 0.3 is 0 Å². The fourth-order valence-electron chi connectivity index (χ4n) is 4.73. The van der Waals surface area contributed by atoms with Gasteiger partial charge in [-0.05, 0) is 49.7 Å². The lowest BCUT2D eigenvalue weighted by Gasteiger charge is -2.46. The third-order valence-electron chi connectivity index (χ3n) is 6.27. The first kappa shape index (κ1) is 19.2. The van der Waals surface area contributed by atoms with Gasteiger partial charge in [-0.2, -0.15) is 0 Å². The minimum Gasteiger partial charge on any atom is -0.395 e. The van der Waals surface area contributed by atoms with E-state index >= 15 is 0 Å². The third-order valence-corrected chi connectivity index (χ3v) is 8.49. The summed E-state index contributed by atoms with van der Waals surface area (Å²) in [5, 5.41) is 8.84. The monoisotopic (exact) mass is 396 g/mol. The molecule has 3 heterocycles. The van der Waals surface area contributed by atoms with E-state index in [1.54, 1.807) is 16.8 Å². The van der Waals surface area contributed by atoms with Crippen molar-refractivity contribution in [3.05, 3.63) is 21.4 Å². The van der Waals surface area contributed by atoms with E-state index in [0.717, 1.165) is 44.0 Å². The van der Waals surface area contributed by atoms with E-state index in [2.05, 4.69) is 22.6 Å². The van der Waals surface area contributed by atoms with Gasteiger partial charge in [0.05, 0.1) is 18.8 Å². The second-order valence-electron chi connectivity index (χ2n) is 8.02. The summed E-state index contributed by atoms with van der Waals surface area (Å²) in [5.41, 5.74) is 1.54. The lowest BCUT2D eigenvalue weighted by molar-refractivity contribution is -0.0995. The van der Waals surface area contributed by atoms with Crippen LogP contribution in [0.1, 0.15) is 47.9 Å². The van der Waals surface area contributed by atoms with Gasteiger partial charge in [-0.25, -0.2) is 0 Å². The Morgan fingerprint density at radius 2 is 2.19 bits per heavy atom. The van der Waals surface area contributed by atoms with Crippen LogP contribution in [-0.4, -0.2) is 54.6 Å². The summed E-state index contributed by atoms with van der Waals surface area (Å²) in [6.45, 7) is 7.01. The van der Waals surface area contributed by atoms with E-state index in [0.29, 0.717) is 6.04 Å². The van der Waals surface area contributed by atoms with Crippen molar-refractivity contribution in [2.45, 2.75) is 57.1 Å². The molecule has 3 aliphatic rings. The minimum atomic E-state index is 0.0125. The second-order valence-corrected chi connectivity index (χ2v) is 10.2. The van der Waals surface area contributed by atoms with Crippen LogP contribution in [0.5, 0.6) is 0 Å². The fourth-order valence-corrected chi connectivity index (χ4v) is 6.54. The van der Waals surface area contributed by atoms with Gasteiger partial charge in [0.25, 0.3) is 0 Å². The molecule has 1 saturated heterocycles. The molecule has 1 aromatic heterocycles. The Bertz CT molecular complexity index is 593. The van der Waals surface area contributed by atoms with Gasteiger partial charge < -0.3 is 14.7 Å². The van der Waals surface area contributed by atoms with Crippen molar-refractivity contribution in [2.75, 3.05) is 38.6 Å². The van der Waals surface area contributed by atoms with Crippen molar-refractivity contribution in [1.82, 2.24) is 9.62 Å². The Morgan fingerprint density at radius 1 is 1.38 bits per heavy atom. The molecule has 6 heteroatoms. The van der Waals surface area contributed by atoms with Crippen molar-refractivity contribution >= 4 is 23.3 Å². The van der Waals surface area contributed by atoms with E-state index in [1.165, 1.54) is 42.9 Å². The average Bonchev–Trinajstić information content (AvgIpc) is 3.06. The molecule has 0 unspecified atom stereocenters. The molecule has 0 aromatic carbocycles. The predicted molar refractivity (Wildman–Crippen MR) is 110 cm³/mol. The highest BCUT2D eigenvalue weighted by Gasteiger charge is 2.42. The molecule has 4 rings (SSSR count). The van der Waals surface area contributed by atoms with Crippen molar-refractivity contribution in [3.63, 3.8) is 0 Å². The maximum absolute atomic E-state index is 8.84. The number of hydrogen-bond acceptors (Lipinski definition) is 6. The zero-order valence-corrected chi connectivity index (χ0v) is 17.5. The highest BCUT2D eigenvalue weighted by atomic mass is 32.2. The molecule has 0 atom stereocenters. The Hall–Kier alpha value is -0.110. The quantitative estimate of drug-likeness (QED) is 0.547. The van der Waals surface area contributed by atoms with Crippen molar-refractivity contribution in [3.8, 4) is 0 Å². The van der Waals surface area contributed by atoms with E-state index in [9.17, 15) is 0 Å². The van der Waals surface area contributed by atoms with Crippen LogP contribution in [0.4, 0.5) is 0 Å². The van der Waals surface area contributed by atoms with Gasteiger partial charge in [0, 0.05) is 47.6 Å².